The van der Waals surface area contributed by atoms with Crippen LogP contribution in [0.4, 0.5) is 0 Å². The largest absolute Gasteiger partial charge is 0.467 e. The molecule has 3 aromatic heterocycles. The molecular formula is C23H21N5O3S. The first-order valence-corrected chi connectivity index (χ1v) is 11.1. The van der Waals surface area contributed by atoms with Gasteiger partial charge in [-0.25, -0.2) is 5.01 Å². The number of carbonyl (C=O) groups excluding carboxylic acids is 1. The number of hydrazone groups is 1. The number of aromatic nitrogens is 3. The number of hydrogen-bond acceptors (Lipinski definition) is 7. The highest BCUT2D eigenvalue weighted by atomic mass is 32.2. The van der Waals surface area contributed by atoms with Crippen LogP contribution in [0.1, 0.15) is 29.3 Å². The van der Waals surface area contributed by atoms with Gasteiger partial charge < -0.3 is 13.4 Å². The van der Waals surface area contributed by atoms with Crippen LogP contribution < -0.4 is 0 Å². The molecule has 1 amide bonds. The fraction of sp³-hybridized carbons (Fsp3) is 0.217. The Balaban J connectivity index is 1.35. The van der Waals surface area contributed by atoms with Gasteiger partial charge in [-0.05, 0) is 36.8 Å². The molecule has 0 bridgehead atoms. The predicted molar refractivity (Wildman–Crippen MR) is 120 cm³/mol. The average Bonchev–Trinajstić information content (AvgIpc) is 3.59. The van der Waals surface area contributed by atoms with Crippen LogP contribution in [0.3, 0.4) is 0 Å². The highest BCUT2D eigenvalue weighted by molar-refractivity contribution is 7.99. The van der Waals surface area contributed by atoms with Crippen molar-refractivity contribution in [2.24, 2.45) is 12.1 Å². The van der Waals surface area contributed by atoms with Crippen molar-refractivity contribution in [3.63, 3.8) is 0 Å². The number of carbonyl (C=O) groups is 1. The summed E-state index contributed by atoms with van der Waals surface area (Å²) in [5.74, 6) is 2.00. The molecule has 4 aromatic rings. The highest BCUT2D eigenvalue weighted by Crippen LogP contribution is 2.34. The Morgan fingerprint density at radius 1 is 1.09 bits per heavy atom. The van der Waals surface area contributed by atoms with E-state index < -0.39 is 0 Å². The van der Waals surface area contributed by atoms with E-state index in [1.807, 2.05) is 61.0 Å². The Kier molecular flexibility index (Phi) is 5.40. The summed E-state index contributed by atoms with van der Waals surface area (Å²) in [6, 6.07) is 15.2. The third-order valence-electron chi connectivity index (χ3n) is 5.32. The summed E-state index contributed by atoms with van der Waals surface area (Å²) in [4.78, 5) is 13.2. The summed E-state index contributed by atoms with van der Waals surface area (Å²) in [5, 5.41) is 15.2. The summed E-state index contributed by atoms with van der Waals surface area (Å²) < 4.78 is 12.8. The molecule has 0 N–H and O–H groups in total. The SMILES string of the molecule is Cc1ccc(C2=NN(C(=O)CSc3nnc(-c4ccco4)n3C)C(c3ccco3)C2)cc1. The maximum Gasteiger partial charge on any atom is 0.253 e. The van der Waals surface area contributed by atoms with Crippen molar-refractivity contribution >= 4 is 23.4 Å². The van der Waals surface area contributed by atoms with Crippen molar-refractivity contribution in [1.82, 2.24) is 19.8 Å². The third kappa shape index (κ3) is 3.87. The summed E-state index contributed by atoms with van der Waals surface area (Å²) in [7, 11) is 1.85. The Hall–Kier alpha value is -3.59. The number of hydrogen-bond donors (Lipinski definition) is 0. The van der Waals surface area contributed by atoms with Crippen molar-refractivity contribution in [3.05, 3.63) is 77.9 Å². The van der Waals surface area contributed by atoms with Gasteiger partial charge in [0.05, 0.1) is 24.0 Å². The van der Waals surface area contributed by atoms with Gasteiger partial charge >= 0.3 is 0 Å². The monoisotopic (exact) mass is 447 g/mol. The molecule has 8 nitrogen and oxygen atoms in total. The molecule has 0 aliphatic carbocycles. The lowest BCUT2D eigenvalue weighted by atomic mass is 10.0. The number of benzene rings is 1. The minimum absolute atomic E-state index is 0.124. The topological polar surface area (TPSA) is 89.7 Å². The van der Waals surface area contributed by atoms with Crippen molar-refractivity contribution in [2.45, 2.75) is 24.5 Å². The van der Waals surface area contributed by atoms with E-state index in [1.54, 1.807) is 18.6 Å². The molecule has 1 aliphatic heterocycles. The summed E-state index contributed by atoms with van der Waals surface area (Å²) in [6.07, 6.45) is 3.80. The molecule has 0 fully saturated rings. The van der Waals surface area contributed by atoms with Crippen LogP contribution in [0.2, 0.25) is 0 Å². The van der Waals surface area contributed by atoms with Crippen LogP contribution >= 0.6 is 11.8 Å². The second kappa shape index (κ2) is 8.51. The van der Waals surface area contributed by atoms with E-state index in [0.717, 1.165) is 11.3 Å². The van der Waals surface area contributed by atoms with Crippen molar-refractivity contribution < 1.29 is 13.6 Å². The quantitative estimate of drug-likeness (QED) is 0.406. The molecule has 5 rings (SSSR count). The van der Waals surface area contributed by atoms with Crippen LogP contribution in [0.5, 0.6) is 0 Å². The summed E-state index contributed by atoms with van der Waals surface area (Å²) in [5.41, 5.74) is 3.05. The molecule has 0 saturated carbocycles. The Bertz CT molecular complexity index is 1240. The number of nitrogens with zero attached hydrogens (tertiary/aromatic N) is 5. The molecule has 32 heavy (non-hydrogen) atoms. The third-order valence-corrected chi connectivity index (χ3v) is 6.33. The van der Waals surface area contributed by atoms with E-state index in [9.17, 15) is 4.79 Å². The standard InChI is InChI=1S/C23H21N5O3S/c1-15-7-9-16(10-8-15)17-13-18(19-5-3-11-30-19)28(26-17)21(29)14-32-23-25-24-22(27(23)2)20-6-4-12-31-20/h3-12,18H,13-14H2,1-2H3. The molecule has 162 valence electrons. The van der Waals surface area contributed by atoms with Gasteiger partial charge in [0.15, 0.2) is 16.7 Å². The van der Waals surface area contributed by atoms with E-state index in [4.69, 9.17) is 8.83 Å². The number of thioether (sulfide) groups is 1. The van der Waals surface area contributed by atoms with Crippen molar-refractivity contribution in [1.29, 1.82) is 0 Å². The van der Waals surface area contributed by atoms with Crippen LogP contribution in [0.15, 0.2) is 80.1 Å². The van der Waals surface area contributed by atoms with Gasteiger partial charge in [-0.1, -0.05) is 41.6 Å². The zero-order valence-corrected chi connectivity index (χ0v) is 18.5. The zero-order chi connectivity index (χ0) is 22.1. The van der Waals surface area contributed by atoms with Crippen molar-refractivity contribution in [2.75, 3.05) is 5.75 Å². The molecule has 1 aliphatic rings. The molecule has 1 atom stereocenters. The number of furan rings is 2. The van der Waals surface area contributed by atoms with E-state index in [0.29, 0.717) is 28.9 Å². The first kappa shape index (κ1) is 20.3. The second-order valence-electron chi connectivity index (χ2n) is 7.52. The van der Waals surface area contributed by atoms with E-state index in [-0.39, 0.29) is 17.7 Å². The first-order valence-electron chi connectivity index (χ1n) is 10.2. The van der Waals surface area contributed by atoms with Gasteiger partial charge in [-0.2, -0.15) is 5.10 Å². The number of aryl methyl sites for hydroxylation is 1. The summed E-state index contributed by atoms with van der Waals surface area (Å²) >= 11 is 1.31. The fourth-order valence-corrected chi connectivity index (χ4v) is 4.38. The number of rotatable bonds is 6. The molecule has 0 spiro atoms. The number of amides is 1. The molecule has 1 unspecified atom stereocenters. The first-order chi connectivity index (χ1) is 15.6. The molecular weight excluding hydrogens is 426 g/mol. The van der Waals surface area contributed by atoms with Gasteiger partial charge in [0, 0.05) is 13.5 Å². The lowest BCUT2D eigenvalue weighted by molar-refractivity contribution is -0.130. The second-order valence-corrected chi connectivity index (χ2v) is 8.46. The van der Waals surface area contributed by atoms with Crippen LogP contribution in [-0.2, 0) is 11.8 Å². The average molecular weight is 448 g/mol. The molecule has 0 radical (unpaired) electrons. The van der Waals surface area contributed by atoms with E-state index in [1.165, 1.54) is 22.3 Å². The Morgan fingerprint density at radius 3 is 2.59 bits per heavy atom. The smallest absolute Gasteiger partial charge is 0.253 e. The Labute approximate surface area is 188 Å². The van der Waals surface area contributed by atoms with Crippen LogP contribution in [0, 0.1) is 6.92 Å². The maximum atomic E-state index is 13.2. The fourth-order valence-electron chi connectivity index (χ4n) is 3.62. The predicted octanol–water partition coefficient (Wildman–Crippen LogP) is 4.45. The normalized spacial score (nSPS) is 15.9. The minimum atomic E-state index is -0.271. The lowest BCUT2D eigenvalue weighted by Crippen LogP contribution is -2.28. The van der Waals surface area contributed by atoms with Gasteiger partial charge in [0.25, 0.3) is 5.91 Å². The van der Waals surface area contributed by atoms with E-state index in [2.05, 4.69) is 15.3 Å². The van der Waals surface area contributed by atoms with Crippen LogP contribution in [-0.4, -0.2) is 37.1 Å². The maximum absolute atomic E-state index is 13.2. The van der Waals surface area contributed by atoms with Crippen molar-refractivity contribution in [3.8, 4) is 11.6 Å². The molecule has 9 heteroatoms. The molecule has 0 saturated heterocycles. The Morgan fingerprint density at radius 2 is 1.88 bits per heavy atom. The van der Waals surface area contributed by atoms with Gasteiger partial charge in [-0.3, -0.25) is 4.79 Å². The van der Waals surface area contributed by atoms with Crippen LogP contribution in [0.25, 0.3) is 11.6 Å². The molecule has 1 aromatic carbocycles. The van der Waals surface area contributed by atoms with Gasteiger partial charge in [-0.15, -0.1) is 10.2 Å². The van der Waals surface area contributed by atoms with Gasteiger partial charge in [0.2, 0.25) is 0 Å². The minimum Gasteiger partial charge on any atom is -0.467 e. The zero-order valence-electron chi connectivity index (χ0n) is 17.6. The van der Waals surface area contributed by atoms with Gasteiger partial charge in [0.1, 0.15) is 11.8 Å². The lowest BCUT2D eigenvalue weighted by Gasteiger charge is -2.19. The van der Waals surface area contributed by atoms with E-state index >= 15 is 0 Å². The highest BCUT2D eigenvalue weighted by Gasteiger charge is 2.35. The summed E-state index contributed by atoms with van der Waals surface area (Å²) in [6.45, 7) is 2.04. The molecule has 4 heterocycles.